The van der Waals surface area contributed by atoms with Crippen molar-refractivity contribution in [2.75, 3.05) is 29.5 Å². The topological polar surface area (TPSA) is 79.1 Å². The molecule has 1 atom stereocenters. The van der Waals surface area contributed by atoms with Crippen molar-refractivity contribution in [1.82, 2.24) is 0 Å². The predicted octanol–water partition coefficient (Wildman–Crippen LogP) is 2.50. The Morgan fingerprint density at radius 1 is 1.25 bits per heavy atom. The summed E-state index contributed by atoms with van der Waals surface area (Å²) in [5.41, 5.74) is 12.5. The Morgan fingerprint density at radius 2 is 1.90 bits per heavy atom. The Morgan fingerprint density at radius 3 is 2.50 bits per heavy atom. The smallest absolute Gasteiger partial charge is 0.393 e. The SMILES string of the molecule is N#Cc1cc(N)c(N)cc1N1CCCC(C(F)(F)F)C1. The van der Waals surface area contributed by atoms with Crippen LogP contribution in [0, 0.1) is 17.2 Å². The number of hydrogen-bond donors (Lipinski definition) is 2. The maximum Gasteiger partial charge on any atom is 0.393 e. The van der Waals surface area contributed by atoms with E-state index in [4.69, 9.17) is 16.7 Å². The highest BCUT2D eigenvalue weighted by molar-refractivity contribution is 5.75. The van der Waals surface area contributed by atoms with Crippen LogP contribution >= 0.6 is 0 Å². The predicted molar refractivity (Wildman–Crippen MR) is 71.0 cm³/mol. The normalized spacial score (nSPS) is 19.7. The Hall–Kier alpha value is -2.10. The van der Waals surface area contributed by atoms with Crippen LogP contribution in [0.4, 0.5) is 30.2 Å². The summed E-state index contributed by atoms with van der Waals surface area (Å²) in [6.07, 6.45) is -3.67. The molecular weight excluding hydrogens is 269 g/mol. The molecule has 0 radical (unpaired) electrons. The second-order valence-electron chi connectivity index (χ2n) is 4.94. The minimum Gasteiger partial charge on any atom is -0.397 e. The molecule has 20 heavy (non-hydrogen) atoms. The molecule has 0 bridgehead atoms. The number of hydrogen-bond acceptors (Lipinski definition) is 4. The number of nitrogens with zero attached hydrogens (tertiary/aromatic N) is 2. The highest BCUT2D eigenvalue weighted by atomic mass is 19.4. The standard InChI is InChI=1S/C13H15F3N4/c14-13(15,16)9-2-1-3-20(7-9)12-5-11(19)10(18)4-8(12)6-17/h4-5,9H,1-3,7,18-19H2. The van der Waals surface area contributed by atoms with Crippen molar-refractivity contribution in [2.24, 2.45) is 5.92 Å². The van der Waals surface area contributed by atoms with E-state index in [1.807, 2.05) is 6.07 Å². The van der Waals surface area contributed by atoms with Crippen LogP contribution in [0.2, 0.25) is 0 Å². The average molecular weight is 284 g/mol. The highest BCUT2D eigenvalue weighted by Gasteiger charge is 2.42. The van der Waals surface area contributed by atoms with Crippen LogP contribution in [-0.2, 0) is 0 Å². The molecule has 1 aliphatic heterocycles. The number of benzene rings is 1. The number of anilines is 3. The summed E-state index contributed by atoms with van der Waals surface area (Å²) in [5, 5.41) is 9.09. The Kier molecular flexibility index (Phi) is 3.66. The van der Waals surface area contributed by atoms with Crippen molar-refractivity contribution in [3.05, 3.63) is 17.7 Å². The summed E-state index contributed by atoms with van der Waals surface area (Å²) in [4.78, 5) is 1.57. The summed E-state index contributed by atoms with van der Waals surface area (Å²) in [6, 6.07) is 4.84. The molecule has 1 aromatic rings. The van der Waals surface area contributed by atoms with Gasteiger partial charge in [-0.3, -0.25) is 0 Å². The third-order valence-electron chi connectivity index (χ3n) is 3.55. The second kappa shape index (κ2) is 5.12. The number of nitrogen functional groups attached to an aromatic ring is 2. The van der Waals surface area contributed by atoms with Gasteiger partial charge in [-0.2, -0.15) is 18.4 Å². The van der Waals surface area contributed by atoms with Crippen LogP contribution in [0.5, 0.6) is 0 Å². The Labute approximate surface area is 114 Å². The van der Waals surface area contributed by atoms with E-state index >= 15 is 0 Å². The van der Waals surface area contributed by atoms with Crippen LogP contribution in [0.1, 0.15) is 18.4 Å². The highest BCUT2D eigenvalue weighted by Crippen LogP contribution is 2.36. The average Bonchev–Trinajstić information content (AvgIpc) is 2.40. The van der Waals surface area contributed by atoms with E-state index < -0.39 is 12.1 Å². The maximum absolute atomic E-state index is 12.8. The summed E-state index contributed by atoms with van der Waals surface area (Å²) in [6.45, 7) is 0.326. The molecule has 1 aliphatic rings. The first-order valence-corrected chi connectivity index (χ1v) is 6.23. The molecule has 1 unspecified atom stereocenters. The molecular formula is C13H15F3N4. The number of nitrogens with two attached hydrogens (primary N) is 2. The molecule has 7 heteroatoms. The van der Waals surface area contributed by atoms with E-state index in [-0.39, 0.29) is 29.9 Å². The number of nitriles is 1. The number of alkyl halides is 3. The summed E-state index contributed by atoms with van der Waals surface area (Å²) in [5.74, 6) is -1.37. The molecule has 0 aromatic heterocycles. The van der Waals surface area contributed by atoms with Crippen molar-refractivity contribution < 1.29 is 13.2 Å². The Balaban J connectivity index is 2.32. The fraction of sp³-hybridized carbons (Fsp3) is 0.462. The Bertz CT molecular complexity index is 548. The van der Waals surface area contributed by atoms with Gasteiger partial charge >= 0.3 is 6.18 Å². The van der Waals surface area contributed by atoms with Crippen molar-refractivity contribution in [3.63, 3.8) is 0 Å². The van der Waals surface area contributed by atoms with Crippen LogP contribution in [0.15, 0.2) is 12.1 Å². The molecule has 0 saturated carbocycles. The molecule has 1 heterocycles. The molecule has 1 aromatic carbocycles. The fourth-order valence-electron chi connectivity index (χ4n) is 2.44. The fourth-order valence-corrected chi connectivity index (χ4v) is 2.44. The molecule has 2 rings (SSSR count). The van der Waals surface area contributed by atoms with E-state index in [9.17, 15) is 13.2 Å². The van der Waals surface area contributed by atoms with Crippen LogP contribution in [0.3, 0.4) is 0 Å². The summed E-state index contributed by atoms with van der Waals surface area (Å²) < 4.78 is 38.5. The number of piperidine rings is 1. The monoisotopic (exact) mass is 284 g/mol. The largest absolute Gasteiger partial charge is 0.397 e. The van der Waals surface area contributed by atoms with E-state index in [1.165, 1.54) is 12.1 Å². The molecule has 0 aliphatic carbocycles. The number of halogens is 3. The lowest BCUT2D eigenvalue weighted by atomic mass is 9.96. The van der Waals surface area contributed by atoms with Gasteiger partial charge in [0.2, 0.25) is 0 Å². The summed E-state index contributed by atoms with van der Waals surface area (Å²) in [7, 11) is 0. The first-order chi connectivity index (χ1) is 9.32. The van der Waals surface area contributed by atoms with Gasteiger partial charge in [-0.05, 0) is 25.0 Å². The van der Waals surface area contributed by atoms with Crippen molar-refractivity contribution in [1.29, 1.82) is 5.26 Å². The molecule has 0 amide bonds. The second-order valence-corrected chi connectivity index (χ2v) is 4.94. The molecule has 4 N–H and O–H groups in total. The molecule has 1 saturated heterocycles. The van der Waals surface area contributed by atoms with Gasteiger partial charge in [0.05, 0.1) is 28.5 Å². The van der Waals surface area contributed by atoms with Gasteiger partial charge in [-0.25, -0.2) is 0 Å². The van der Waals surface area contributed by atoms with Gasteiger partial charge in [0, 0.05) is 13.1 Å². The maximum atomic E-state index is 12.8. The lowest BCUT2D eigenvalue weighted by Crippen LogP contribution is -2.42. The minimum absolute atomic E-state index is 0.117. The lowest BCUT2D eigenvalue weighted by molar-refractivity contribution is -0.175. The van der Waals surface area contributed by atoms with Gasteiger partial charge in [0.1, 0.15) is 6.07 Å². The van der Waals surface area contributed by atoms with Gasteiger partial charge < -0.3 is 16.4 Å². The zero-order chi connectivity index (χ0) is 14.9. The molecule has 1 fully saturated rings. The quantitative estimate of drug-likeness (QED) is 0.777. The van der Waals surface area contributed by atoms with E-state index in [0.29, 0.717) is 18.7 Å². The van der Waals surface area contributed by atoms with E-state index in [2.05, 4.69) is 0 Å². The minimum atomic E-state index is -4.22. The van der Waals surface area contributed by atoms with E-state index in [1.54, 1.807) is 4.90 Å². The van der Waals surface area contributed by atoms with Gasteiger partial charge in [0.25, 0.3) is 0 Å². The van der Waals surface area contributed by atoms with Crippen LogP contribution < -0.4 is 16.4 Å². The lowest BCUT2D eigenvalue weighted by Gasteiger charge is -2.35. The van der Waals surface area contributed by atoms with Crippen molar-refractivity contribution >= 4 is 17.1 Å². The number of rotatable bonds is 1. The van der Waals surface area contributed by atoms with Crippen LogP contribution in [-0.4, -0.2) is 19.3 Å². The molecule has 108 valence electrons. The van der Waals surface area contributed by atoms with Crippen molar-refractivity contribution in [3.8, 4) is 6.07 Å². The van der Waals surface area contributed by atoms with E-state index in [0.717, 1.165) is 0 Å². The van der Waals surface area contributed by atoms with Gasteiger partial charge in [-0.1, -0.05) is 0 Å². The molecule has 4 nitrogen and oxygen atoms in total. The van der Waals surface area contributed by atoms with Gasteiger partial charge in [-0.15, -0.1) is 0 Å². The zero-order valence-electron chi connectivity index (χ0n) is 10.7. The first kappa shape index (κ1) is 14.3. The third-order valence-corrected chi connectivity index (χ3v) is 3.55. The van der Waals surface area contributed by atoms with Crippen LogP contribution in [0.25, 0.3) is 0 Å². The third kappa shape index (κ3) is 2.74. The first-order valence-electron chi connectivity index (χ1n) is 6.23. The zero-order valence-corrected chi connectivity index (χ0v) is 10.7. The summed E-state index contributed by atoms with van der Waals surface area (Å²) >= 11 is 0. The van der Waals surface area contributed by atoms with Crippen molar-refractivity contribution in [2.45, 2.75) is 19.0 Å². The molecule has 0 spiro atoms. The van der Waals surface area contributed by atoms with Gasteiger partial charge in [0.15, 0.2) is 0 Å².